The van der Waals surface area contributed by atoms with Gasteiger partial charge in [-0.1, -0.05) is 57.4 Å². The Kier molecular flexibility index (Phi) is 8.93. The molecular weight excluding hydrogens is 485 g/mol. The Balaban J connectivity index is 1.19. The number of aromatic nitrogens is 1. The molecule has 3 fully saturated rings. The monoisotopic (exact) mass is 525 g/mol. The summed E-state index contributed by atoms with van der Waals surface area (Å²) in [5, 5.41) is 9.12. The number of benzene rings is 1. The van der Waals surface area contributed by atoms with Gasteiger partial charge in [0.05, 0.1) is 18.1 Å². The summed E-state index contributed by atoms with van der Waals surface area (Å²) in [6, 6.07) is 4.59. The van der Waals surface area contributed by atoms with Crippen molar-refractivity contribution in [1.29, 1.82) is 0 Å². The van der Waals surface area contributed by atoms with Crippen molar-refractivity contribution in [1.82, 2.24) is 4.98 Å². The van der Waals surface area contributed by atoms with Gasteiger partial charge in [-0.2, -0.15) is 0 Å². The van der Waals surface area contributed by atoms with Crippen molar-refractivity contribution in [3.63, 3.8) is 0 Å². The fourth-order valence-corrected chi connectivity index (χ4v) is 6.97. The summed E-state index contributed by atoms with van der Waals surface area (Å²) in [5.41, 5.74) is 2.05. The average Bonchev–Trinajstić information content (AvgIpc) is 3.65. The first-order valence-corrected chi connectivity index (χ1v) is 14.6. The highest BCUT2D eigenvalue weighted by Gasteiger charge is 2.51. The Bertz CT molecular complexity index is 1110. The molecule has 4 unspecified atom stereocenters. The van der Waals surface area contributed by atoms with Crippen LogP contribution < -0.4 is 0 Å². The van der Waals surface area contributed by atoms with Gasteiger partial charge in [-0.15, -0.1) is 0 Å². The average molecular weight is 526 g/mol. The van der Waals surface area contributed by atoms with Crippen molar-refractivity contribution in [2.24, 2.45) is 11.8 Å². The molecule has 2 saturated heterocycles. The molecule has 1 aromatic heterocycles. The number of nitrogens with zero attached hydrogens (tertiary/aromatic N) is 1. The third kappa shape index (κ3) is 6.53. The van der Waals surface area contributed by atoms with Gasteiger partial charge in [-0.05, 0) is 61.3 Å². The summed E-state index contributed by atoms with van der Waals surface area (Å²) >= 11 is 0. The standard InChI is InChI=1S/C31H40FNO5/c32-23-13-11-21(12-16-29(35)36)22(17-23)18-24-27-14-15-28(38-27)30(24)31-33-25(19-37-31)26(34)10-6-2-5-9-20-7-3-1-4-8-20/h11,13,17,19-20,24,27-28,30H,1-10,12,14-16,18H2,(H,35,36). The van der Waals surface area contributed by atoms with E-state index in [1.54, 1.807) is 6.07 Å². The minimum Gasteiger partial charge on any atom is -0.481 e. The minimum atomic E-state index is -0.873. The van der Waals surface area contributed by atoms with Crippen LogP contribution in [0.5, 0.6) is 0 Å². The molecule has 4 atom stereocenters. The van der Waals surface area contributed by atoms with Crippen molar-refractivity contribution in [2.75, 3.05) is 0 Å². The first-order valence-electron chi connectivity index (χ1n) is 14.6. The zero-order valence-electron chi connectivity index (χ0n) is 22.2. The summed E-state index contributed by atoms with van der Waals surface area (Å²) in [6.45, 7) is 0. The number of ether oxygens (including phenoxy) is 1. The van der Waals surface area contributed by atoms with Crippen molar-refractivity contribution in [2.45, 2.75) is 114 Å². The molecule has 2 aromatic rings. The molecule has 7 heteroatoms. The summed E-state index contributed by atoms with van der Waals surface area (Å²) in [7, 11) is 0. The molecule has 5 rings (SSSR count). The highest BCUT2D eigenvalue weighted by Crippen LogP contribution is 2.50. The predicted octanol–water partition coefficient (Wildman–Crippen LogP) is 7.05. The van der Waals surface area contributed by atoms with E-state index in [9.17, 15) is 14.0 Å². The number of hydrogen-bond donors (Lipinski definition) is 1. The van der Waals surface area contributed by atoms with Crippen LogP contribution in [0.25, 0.3) is 0 Å². The number of carbonyl (C=O) groups is 2. The lowest BCUT2D eigenvalue weighted by Crippen LogP contribution is -2.28. The summed E-state index contributed by atoms with van der Waals surface area (Å²) in [5.74, 6) is 0.188. The lowest BCUT2D eigenvalue weighted by molar-refractivity contribution is -0.136. The Morgan fingerprint density at radius 3 is 2.61 bits per heavy atom. The van der Waals surface area contributed by atoms with Gasteiger partial charge in [0.25, 0.3) is 0 Å². The van der Waals surface area contributed by atoms with E-state index in [0.29, 0.717) is 30.8 Å². The summed E-state index contributed by atoms with van der Waals surface area (Å²) < 4.78 is 26.2. The second kappa shape index (κ2) is 12.5. The quantitative estimate of drug-likeness (QED) is 0.223. The van der Waals surface area contributed by atoms with E-state index in [2.05, 4.69) is 4.98 Å². The Hall–Kier alpha value is -2.54. The van der Waals surface area contributed by atoms with Crippen LogP contribution in [0.1, 0.15) is 117 Å². The van der Waals surface area contributed by atoms with Gasteiger partial charge in [0, 0.05) is 18.8 Å². The zero-order valence-corrected chi connectivity index (χ0v) is 22.2. The van der Waals surface area contributed by atoms with E-state index in [-0.39, 0.29) is 42.1 Å². The number of aliphatic carboxylic acids is 1. The normalized spacial score (nSPS) is 25.2. The molecule has 2 bridgehead atoms. The van der Waals surface area contributed by atoms with Crippen molar-refractivity contribution >= 4 is 11.8 Å². The van der Waals surface area contributed by atoms with Crippen molar-refractivity contribution in [3.05, 3.63) is 53.0 Å². The van der Waals surface area contributed by atoms with Crippen LogP contribution in [-0.4, -0.2) is 34.1 Å². The molecule has 0 radical (unpaired) electrons. The van der Waals surface area contributed by atoms with Gasteiger partial charge in [0.15, 0.2) is 5.78 Å². The number of aryl methyl sites for hydroxylation is 1. The lowest BCUT2D eigenvalue weighted by Gasteiger charge is -2.26. The first kappa shape index (κ1) is 27.0. The molecule has 3 heterocycles. The maximum absolute atomic E-state index is 14.1. The molecule has 3 aliphatic rings. The minimum absolute atomic E-state index is 0.00107. The highest BCUT2D eigenvalue weighted by atomic mass is 19.1. The molecule has 1 aliphatic carbocycles. The Morgan fingerprint density at radius 2 is 1.79 bits per heavy atom. The topological polar surface area (TPSA) is 89.6 Å². The number of ketones is 1. The molecule has 206 valence electrons. The number of Topliss-reactive ketones (excluding diaryl/α,β-unsaturated/α-hetero) is 1. The molecule has 6 nitrogen and oxygen atoms in total. The third-order valence-electron chi connectivity index (χ3n) is 8.99. The molecule has 38 heavy (non-hydrogen) atoms. The van der Waals surface area contributed by atoms with Gasteiger partial charge in [-0.25, -0.2) is 9.37 Å². The van der Waals surface area contributed by atoms with Crippen molar-refractivity contribution in [3.8, 4) is 0 Å². The van der Waals surface area contributed by atoms with Crippen LogP contribution >= 0.6 is 0 Å². The molecule has 0 amide bonds. The number of hydrogen-bond acceptors (Lipinski definition) is 5. The largest absolute Gasteiger partial charge is 0.481 e. The van der Waals surface area contributed by atoms with Crippen LogP contribution in [0.2, 0.25) is 0 Å². The second-order valence-corrected chi connectivity index (χ2v) is 11.6. The van der Waals surface area contributed by atoms with Crippen LogP contribution in [-0.2, 0) is 22.4 Å². The number of fused-ring (bicyclic) bond motifs is 2. The van der Waals surface area contributed by atoms with E-state index >= 15 is 0 Å². The number of oxazole rings is 1. The number of carboxylic acid groups (broad SMARTS) is 1. The van der Waals surface area contributed by atoms with Gasteiger partial charge >= 0.3 is 5.97 Å². The number of unbranched alkanes of at least 4 members (excludes halogenated alkanes) is 2. The van der Waals surface area contributed by atoms with E-state index in [4.69, 9.17) is 14.3 Å². The smallest absolute Gasteiger partial charge is 0.303 e. The molecule has 1 N–H and O–H groups in total. The maximum atomic E-state index is 14.1. The lowest BCUT2D eigenvalue weighted by atomic mass is 9.75. The molecule has 1 aromatic carbocycles. The van der Waals surface area contributed by atoms with Gasteiger partial charge in [0.2, 0.25) is 5.89 Å². The van der Waals surface area contributed by atoms with E-state index in [1.165, 1.54) is 63.3 Å². The van der Waals surface area contributed by atoms with Crippen molar-refractivity contribution < 1.29 is 28.2 Å². The molecule has 0 spiro atoms. The molecule has 2 aliphatic heterocycles. The highest BCUT2D eigenvalue weighted by molar-refractivity contribution is 5.93. The number of rotatable bonds is 13. The van der Waals surface area contributed by atoms with E-state index < -0.39 is 5.97 Å². The van der Waals surface area contributed by atoms with Gasteiger partial charge in [-0.3, -0.25) is 9.59 Å². The zero-order chi connectivity index (χ0) is 26.5. The molecule has 1 saturated carbocycles. The summed E-state index contributed by atoms with van der Waals surface area (Å²) in [6.07, 6.45) is 16.1. The van der Waals surface area contributed by atoms with Gasteiger partial charge < -0.3 is 14.3 Å². The first-order chi connectivity index (χ1) is 18.5. The Labute approximate surface area is 224 Å². The second-order valence-electron chi connectivity index (χ2n) is 11.6. The van der Waals surface area contributed by atoms with E-state index in [0.717, 1.165) is 42.7 Å². The Morgan fingerprint density at radius 1 is 0.974 bits per heavy atom. The predicted molar refractivity (Wildman–Crippen MR) is 141 cm³/mol. The summed E-state index contributed by atoms with van der Waals surface area (Å²) in [4.78, 5) is 28.6. The van der Waals surface area contributed by atoms with Gasteiger partial charge in [0.1, 0.15) is 17.8 Å². The van der Waals surface area contributed by atoms with Crippen LogP contribution in [0.15, 0.2) is 28.9 Å². The number of carbonyl (C=O) groups excluding carboxylic acids is 1. The number of carboxylic acids is 1. The number of halogens is 1. The maximum Gasteiger partial charge on any atom is 0.303 e. The van der Waals surface area contributed by atoms with Crippen LogP contribution in [0, 0.1) is 17.7 Å². The van der Waals surface area contributed by atoms with E-state index in [1.807, 2.05) is 0 Å². The van der Waals surface area contributed by atoms with Crippen LogP contribution in [0.3, 0.4) is 0 Å². The fraction of sp³-hybridized carbons (Fsp3) is 0.645. The van der Waals surface area contributed by atoms with Crippen LogP contribution in [0.4, 0.5) is 4.39 Å². The molecular formula is C31H40FNO5. The third-order valence-corrected chi connectivity index (χ3v) is 8.99. The fourth-order valence-electron chi connectivity index (χ4n) is 6.97. The SMILES string of the molecule is O=C(O)CCc1ccc(F)cc1CC1C2CCC(O2)C1c1nc(C(=O)CCCCCC2CCCCC2)co1.